The Morgan fingerprint density at radius 3 is 2.44 bits per heavy atom. The molecule has 2 rings (SSSR count). The third kappa shape index (κ3) is 5.98. The second kappa shape index (κ2) is 10.9. The van der Waals surface area contributed by atoms with Crippen LogP contribution < -0.4 is 22.1 Å². The smallest absolute Gasteiger partial charge is 0.270 e. The number of hydrogen-bond acceptors (Lipinski definition) is 6. The first kappa shape index (κ1) is 26.5. The monoisotopic (exact) mass is 470 g/mol. The molecule has 0 spiro atoms. The van der Waals surface area contributed by atoms with Gasteiger partial charge >= 0.3 is 0 Å². The molecule has 9 heteroatoms. The minimum atomic E-state index is -3.03. The zero-order valence-electron chi connectivity index (χ0n) is 20.1. The molecule has 7 nitrogen and oxygen atoms in total. The van der Waals surface area contributed by atoms with E-state index in [-0.39, 0.29) is 17.2 Å². The quantitative estimate of drug-likeness (QED) is 0.193. The number of carbonyl (C=O) groups excluding carboxylic acids is 1. The lowest BCUT2D eigenvalue weighted by molar-refractivity contribution is -0.114. The van der Waals surface area contributed by atoms with E-state index in [1.165, 1.54) is 18.3 Å². The highest BCUT2D eigenvalue weighted by atomic mass is 19.3. The fraction of sp³-hybridized carbons (Fsp3) is 0.320. The lowest BCUT2D eigenvalue weighted by Gasteiger charge is -2.19. The van der Waals surface area contributed by atoms with Gasteiger partial charge in [0.25, 0.3) is 11.8 Å². The third-order valence-electron chi connectivity index (χ3n) is 5.42. The second-order valence-corrected chi connectivity index (χ2v) is 8.01. The number of halogens is 2. The molecule has 0 saturated carbocycles. The van der Waals surface area contributed by atoms with Crippen LogP contribution in [0.2, 0.25) is 0 Å². The van der Waals surface area contributed by atoms with Crippen molar-refractivity contribution >= 4 is 34.9 Å². The lowest BCUT2D eigenvalue weighted by Crippen LogP contribution is -2.16. The number of hydrogen-bond donors (Lipinski definition) is 5. The van der Waals surface area contributed by atoms with Crippen molar-refractivity contribution in [1.82, 2.24) is 0 Å². The molecule has 0 saturated heterocycles. The molecule has 0 aliphatic carbocycles. The van der Waals surface area contributed by atoms with E-state index in [1.807, 2.05) is 19.9 Å². The van der Waals surface area contributed by atoms with Crippen LogP contribution in [0.3, 0.4) is 0 Å². The maximum Gasteiger partial charge on any atom is 0.270 e. The van der Waals surface area contributed by atoms with Crippen LogP contribution in [0.4, 0.5) is 25.8 Å². The van der Waals surface area contributed by atoms with Gasteiger partial charge < -0.3 is 27.5 Å². The number of allylic oxidation sites excluding steroid dienone is 1. The van der Waals surface area contributed by atoms with Crippen molar-refractivity contribution in [3.8, 4) is 0 Å². The van der Waals surface area contributed by atoms with Gasteiger partial charge in [0.15, 0.2) is 0 Å². The third-order valence-corrected chi connectivity index (χ3v) is 5.42. The van der Waals surface area contributed by atoms with Gasteiger partial charge in [0.05, 0.1) is 0 Å². The number of amides is 1. The summed E-state index contributed by atoms with van der Waals surface area (Å²) in [7, 11) is 1.67. The van der Waals surface area contributed by atoms with E-state index in [4.69, 9.17) is 16.9 Å². The average Bonchev–Trinajstić information content (AvgIpc) is 2.78. The summed E-state index contributed by atoms with van der Waals surface area (Å²) in [4.78, 5) is 16.7. The van der Waals surface area contributed by atoms with Gasteiger partial charge in [-0.05, 0) is 49.8 Å². The summed E-state index contributed by atoms with van der Waals surface area (Å²) >= 11 is 0. The summed E-state index contributed by atoms with van der Waals surface area (Å²) in [6, 6.07) is 7.77. The molecule has 1 atom stereocenters. The zero-order valence-corrected chi connectivity index (χ0v) is 20.1. The van der Waals surface area contributed by atoms with E-state index < -0.39 is 11.8 Å². The Bertz CT molecular complexity index is 1130. The molecular formula is C25H32F2N6O. The summed E-state index contributed by atoms with van der Waals surface area (Å²) < 4.78 is 27.8. The molecule has 2 aromatic carbocycles. The van der Waals surface area contributed by atoms with Gasteiger partial charge in [0.2, 0.25) is 0 Å². The number of aliphatic imine (C=N–C) groups is 1. The first-order valence-corrected chi connectivity index (χ1v) is 10.9. The van der Waals surface area contributed by atoms with E-state index in [2.05, 4.69) is 15.6 Å². The Morgan fingerprint density at radius 2 is 1.91 bits per heavy atom. The van der Waals surface area contributed by atoms with Crippen molar-refractivity contribution in [3.63, 3.8) is 0 Å². The highest BCUT2D eigenvalue weighted by molar-refractivity contribution is 6.06. The van der Waals surface area contributed by atoms with Crippen LogP contribution in [0.5, 0.6) is 0 Å². The SMILES string of the molecule is CCNc1ccc(N)c(C=N)c1C(C)/C=C(\N=C(C)c1cc(C(C)(F)F)ccc1NC)C(N)=O. The summed E-state index contributed by atoms with van der Waals surface area (Å²) in [5.74, 6) is -4.18. The Labute approximate surface area is 198 Å². The van der Waals surface area contributed by atoms with Crippen molar-refractivity contribution in [2.24, 2.45) is 10.7 Å². The van der Waals surface area contributed by atoms with Crippen molar-refractivity contribution in [2.75, 3.05) is 30.0 Å². The minimum Gasteiger partial charge on any atom is -0.398 e. The average molecular weight is 471 g/mol. The van der Waals surface area contributed by atoms with Crippen molar-refractivity contribution in [3.05, 3.63) is 64.4 Å². The molecule has 0 aliphatic rings. The predicted molar refractivity (Wildman–Crippen MR) is 136 cm³/mol. The summed E-state index contributed by atoms with van der Waals surface area (Å²) in [5, 5.41) is 14.0. The molecule has 7 N–H and O–H groups in total. The lowest BCUT2D eigenvalue weighted by atomic mass is 9.92. The van der Waals surface area contributed by atoms with Gasteiger partial charge in [-0.25, -0.2) is 13.8 Å². The summed E-state index contributed by atoms with van der Waals surface area (Å²) in [6.07, 6.45) is 2.76. The fourth-order valence-electron chi connectivity index (χ4n) is 3.72. The Hall–Kier alpha value is -3.75. The number of nitrogens with zero attached hydrogens (tertiary/aromatic N) is 1. The van der Waals surface area contributed by atoms with Gasteiger partial charge in [-0.3, -0.25) is 4.79 Å². The first-order chi connectivity index (χ1) is 15.9. The number of carbonyl (C=O) groups is 1. The van der Waals surface area contributed by atoms with E-state index in [1.54, 1.807) is 32.2 Å². The first-order valence-electron chi connectivity index (χ1n) is 10.9. The molecule has 34 heavy (non-hydrogen) atoms. The molecular weight excluding hydrogens is 438 g/mol. The van der Waals surface area contributed by atoms with Crippen LogP contribution in [0.25, 0.3) is 0 Å². The van der Waals surface area contributed by atoms with E-state index in [9.17, 15) is 13.6 Å². The second-order valence-electron chi connectivity index (χ2n) is 8.01. The Morgan fingerprint density at radius 1 is 1.26 bits per heavy atom. The van der Waals surface area contributed by atoms with Gasteiger partial charge in [-0.1, -0.05) is 13.0 Å². The maximum absolute atomic E-state index is 13.9. The van der Waals surface area contributed by atoms with Gasteiger partial charge in [0, 0.05) is 72.1 Å². The molecule has 182 valence electrons. The topological polar surface area (TPSA) is 129 Å². The van der Waals surface area contributed by atoms with Gasteiger partial charge in [-0.15, -0.1) is 0 Å². The van der Waals surface area contributed by atoms with Gasteiger partial charge in [-0.2, -0.15) is 0 Å². The number of anilines is 3. The largest absolute Gasteiger partial charge is 0.398 e. The Balaban J connectivity index is 2.63. The van der Waals surface area contributed by atoms with Crippen molar-refractivity contribution in [2.45, 2.75) is 39.5 Å². The molecule has 0 heterocycles. The molecule has 0 fully saturated rings. The fourth-order valence-corrected chi connectivity index (χ4v) is 3.72. The van der Waals surface area contributed by atoms with E-state index in [0.29, 0.717) is 34.8 Å². The molecule has 0 aliphatic heterocycles. The number of nitrogens with two attached hydrogens (primary N) is 2. The normalized spacial score (nSPS) is 13.4. The Kier molecular flexibility index (Phi) is 8.51. The van der Waals surface area contributed by atoms with E-state index >= 15 is 0 Å². The predicted octanol–water partition coefficient (Wildman–Crippen LogP) is 4.83. The maximum atomic E-state index is 13.9. The highest BCUT2D eigenvalue weighted by Crippen LogP contribution is 2.33. The molecule has 1 unspecified atom stereocenters. The summed E-state index contributed by atoms with van der Waals surface area (Å²) in [5.41, 5.74) is 15.3. The van der Waals surface area contributed by atoms with Crippen LogP contribution in [-0.2, 0) is 10.7 Å². The zero-order chi connectivity index (χ0) is 25.6. The number of alkyl halides is 2. The number of nitrogen functional groups attached to an aromatic ring is 1. The molecule has 1 amide bonds. The number of benzene rings is 2. The van der Waals surface area contributed by atoms with Crippen LogP contribution in [0.15, 0.2) is 47.1 Å². The van der Waals surface area contributed by atoms with Crippen LogP contribution >= 0.6 is 0 Å². The molecule has 2 aromatic rings. The standard InChI is InChI=1S/C25H32F2N6O/c1-6-32-21-10-8-19(29)18(13-28)23(21)14(2)11-22(24(30)34)33-15(3)17-12-16(25(4,26)27)7-9-20(17)31-5/h7-14,28,31-32H,6,29H2,1-5H3,(H2,30,34)/b22-11-,28-13?,33-15?. The van der Waals surface area contributed by atoms with Gasteiger partial charge in [0.1, 0.15) is 5.70 Å². The molecule has 0 bridgehead atoms. The van der Waals surface area contributed by atoms with Crippen molar-refractivity contribution in [1.29, 1.82) is 5.41 Å². The van der Waals surface area contributed by atoms with Crippen LogP contribution in [-0.4, -0.2) is 31.4 Å². The van der Waals surface area contributed by atoms with Crippen molar-refractivity contribution < 1.29 is 13.6 Å². The van der Waals surface area contributed by atoms with Crippen LogP contribution in [0.1, 0.15) is 55.9 Å². The van der Waals surface area contributed by atoms with E-state index in [0.717, 1.165) is 18.2 Å². The molecule has 0 aromatic heterocycles. The number of rotatable bonds is 10. The number of primary amides is 1. The highest BCUT2D eigenvalue weighted by Gasteiger charge is 2.25. The summed E-state index contributed by atoms with van der Waals surface area (Å²) in [6.45, 7) is 6.88. The number of nitrogens with one attached hydrogen (secondary N) is 3. The minimum absolute atomic E-state index is 0.0264. The van der Waals surface area contributed by atoms with Crippen LogP contribution in [0, 0.1) is 5.41 Å². The molecule has 0 radical (unpaired) electrons.